The molecule has 0 saturated heterocycles. The number of Topliss-reactive ketones (excluding diaryl/α,β-unsaturated/α-hetero) is 2. The van der Waals surface area contributed by atoms with E-state index < -0.39 is 29.4 Å². The molecule has 3 fully saturated rings. The van der Waals surface area contributed by atoms with Gasteiger partial charge in [-0.2, -0.15) is 0 Å². The molecule has 4 aliphatic carbocycles. The summed E-state index contributed by atoms with van der Waals surface area (Å²) in [6, 6.07) is 4.39. The van der Waals surface area contributed by atoms with Gasteiger partial charge in [-0.15, -0.1) is 0 Å². The maximum atomic E-state index is 13.7. The summed E-state index contributed by atoms with van der Waals surface area (Å²) in [7, 11) is 0. The Morgan fingerprint density at radius 2 is 1.79 bits per heavy atom. The molecule has 1 amide bonds. The van der Waals surface area contributed by atoms with Crippen molar-refractivity contribution >= 4 is 29.2 Å². The van der Waals surface area contributed by atoms with Gasteiger partial charge in [0, 0.05) is 37.1 Å². The highest BCUT2D eigenvalue weighted by molar-refractivity contribution is 5.95. The number of amides is 1. The third-order valence-corrected chi connectivity index (χ3v) is 11.0. The number of aromatic hydroxyl groups is 2. The van der Waals surface area contributed by atoms with Crippen molar-refractivity contribution in [2.24, 2.45) is 28.6 Å². The molecule has 0 unspecified atom stereocenters. The van der Waals surface area contributed by atoms with E-state index >= 15 is 0 Å². The summed E-state index contributed by atoms with van der Waals surface area (Å²) in [6.45, 7) is 3.55. The molecule has 43 heavy (non-hydrogen) atoms. The second kappa shape index (κ2) is 11.5. The molecule has 10 heteroatoms. The van der Waals surface area contributed by atoms with Crippen LogP contribution in [0, 0.1) is 28.6 Å². The number of nitrogens with one attached hydrogen (secondary N) is 1. The lowest BCUT2D eigenvalue weighted by atomic mass is 9.46. The van der Waals surface area contributed by atoms with E-state index in [0.29, 0.717) is 31.2 Å². The van der Waals surface area contributed by atoms with Crippen molar-refractivity contribution in [2.45, 2.75) is 83.7 Å². The average molecular weight is 596 g/mol. The summed E-state index contributed by atoms with van der Waals surface area (Å²) in [6.07, 6.45) is 5.18. The fourth-order valence-electron chi connectivity index (χ4n) is 8.56. The molecule has 4 N–H and O–H groups in total. The topological polar surface area (TPSA) is 167 Å². The van der Waals surface area contributed by atoms with Gasteiger partial charge in [-0.25, -0.2) is 0 Å². The Balaban J connectivity index is 1.13. The van der Waals surface area contributed by atoms with Gasteiger partial charge in [-0.05, 0) is 79.5 Å². The highest BCUT2D eigenvalue weighted by Gasteiger charge is 2.68. The van der Waals surface area contributed by atoms with E-state index in [1.165, 1.54) is 12.1 Å². The van der Waals surface area contributed by atoms with Gasteiger partial charge in [-0.1, -0.05) is 25.5 Å². The molecular weight excluding hydrogens is 554 g/mol. The van der Waals surface area contributed by atoms with Crippen molar-refractivity contribution in [3.8, 4) is 11.5 Å². The lowest BCUT2D eigenvalue weighted by Crippen LogP contribution is -2.61. The van der Waals surface area contributed by atoms with Crippen LogP contribution in [0.4, 0.5) is 0 Å². The molecule has 1 aromatic rings. The van der Waals surface area contributed by atoms with E-state index in [9.17, 15) is 39.3 Å². The number of fused-ring (bicyclic) bond motifs is 5. The van der Waals surface area contributed by atoms with Crippen LogP contribution in [-0.4, -0.2) is 63.3 Å². The summed E-state index contributed by atoms with van der Waals surface area (Å²) >= 11 is 0. The fraction of sp³-hybridized carbons (Fsp3) is 0.606. The Morgan fingerprint density at radius 1 is 1.02 bits per heavy atom. The third-order valence-electron chi connectivity index (χ3n) is 11.0. The molecule has 5 rings (SSSR count). The van der Waals surface area contributed by atoms with Gasteiger partial charge in [0.2, 0.25) is 11.7 Å². The molecule has 232 valence electrons. The zero-order valence-electron chi connectivity index (χ0n) is 24.8. The van der Waals surface area contributed by atoms with Gasteiger partial charge in [0.25, 0.3) is 0 Å². The first-order valence-electron chi connectivity index (χ1n) is 15.2. The fourth-order valence-corrected chi connectivity index (χ4v) is 8.56. The van der Waals surface area contributed by atoms with Gasteiger partial charge in [0.15, 0.2) is 23.9 Å². The summed E-state index contributed by atoms with van der Waals surface area (Å²) in [5.41, 5.74) is -1.35. The van der Waals surface area contributed by atoms with Crippen LogP contribution in [0.5, 0.6) is 11.5 Å². The van der Waals surface area contributed by atoms with Crippen molar-refractivity contribution < 1.29 is 44.0 Å². The number of hydrogen-bond acceptors (Lipinski definition) is 9. The van der Waals surface area contributed by atoms with E-state index in [4.69, 9.17) is 4.74 Å². The minimum absolute atomic E-state index is 0.0178. The number of phenolic OH excluding ortho intramolecular Hbond substituents is 2. The molecule has 0 spiro atoms. The maximum absolute atomic E-state index is 13.7. The van der Waals surface area contributed by atoms with Gasteiger partial charge >= 0.3 is 5.97 Å². The Labute approximate surface area is 250 Å². The number of carbonyl (C=O) groups is 5. The predicted molar refractivity (Wildman–Crippen MR) is 154 cm³/mol. The Hall–Kier alpha value is -3.53. The summed E-state index contributed by atoms with van der Waals surface area (Å²) in [4.78, 5) is 63.7. The van der Waals surface area contributed by atoms with Crippen molar-refractivity contribution in [1.29, 1.82) is 0 Å². The van der Waals surface area contributed by atoms with Gasteiger partial charge in [-0.3, -0.25) is 24.0 Å². The summed E-state index contributed by atoms with van der Waals surface area (Å²) < 4.78 is 5.18. The minimum atomic E-state index is -1.79. The van der Waals surface area contributed by atoms with Crippen LogP contribution in [-0.2, 0) is 35.1 Å². The quantitative estimate of drug-likeness (QED) is 0.248. The van der Waals surface area contributed by atoms with E-state index in [0.717, 1.165) is 18.4 Å². The predicted octanol–water partition coefficient (Wildman–Crippen LogP) is 3.09. The number of phenols is 2. The standard InChI is InChI=1S/C33H41NO9/c1-31-12-9-21(35)16-20(31)4-5-22-23-10-13-33(42,32(23,2)17-26(38)30(22)31)27(39)18-43-29(41)8-7-28(40)34-14-11-19-3-6-24(36)25(37)15-19/h3,6,15-16,22-23,30,36-37,42H,4-5,7-14,17-18H2,1-2H3,(H,34,40)/t22-,23+,30-,31-,32+,33-/m0/s1. The maximum Gasteiger partial charge on any atom is 0.306 e. The van der Waals surface area contributed by atoms with Crippen LogP contribution in [0.15, 0.2) is 29.8 Å². The van der Waals surface area contributed by atoms with Crippen molar-refractivity contribution in [2.75, 3.05) is 13.2 Å². The van der Waals surface area contributed by atoms with Crippen molar-refractivity contribution in [1.82, 2.24) is 5.32 Å². The molecule has 4 aliphatic rings. The zero-order chi connectivity index (χ0) is 31.2. The first kappa shape index (κ1) is 30.9. The smallest absolute Gasteiger partial charge is 0.306 e. The van der Waals surface area contributed by atoms with Crippen molar-refractivity contribution in [3.63, 3.8) is 0 Å². The first-order chi connectivity index (χ1) is 20.3. The number of aliphatic hydroxyl groups is 1. The Kier molecular flexibility index (Phi) is 8.28. The third kappa shape index (κ3) is 5.50. The van der Waals surface area contributed by atoms with Crippen LogP contribution in [0.2, 0.25) is 0 Å². The molecule has 3 saturated carbocycles. The van der Waals surface area contributed by atoms with E-state index in [1.54, 1.807) is 12.1 Å². The van der Waals surface area contributed by atoms with Crippen LogP contribution in [0.3, 0.4) is 0 Å². The number of rotatable bonds is 9. The molecular formula is C33H41NO9. The molecule has 0 radical (unpaired) electrons. The monoisotopic (exact) mass is 595 g/mol. The Morgan fingerprint density at radius 3 is 2.53 bits per heavy atom. The van der Waals surface area contributed by atoms with E-state index in [2.05, 4.69) is 12.2 Å². The minimum Gasteiger partial charge on any atom is -0.504 e. The number of hydrogen-bond donors (Lipinski definition) is 4. The van der Waals surface area contributed by atoms with Crippen LogP contribution >= 0.6 is 0 Å². The number of esters is 1. The normalized spacial score (nSPS) is 33.1. The average Bonchev–Trinajstić information content (AvgIpc) is 3.23. The van der Waals surface area contributed by atoms with Gasteiger partial charge < -0.3 is 25.4 Å². The Bertz CT molecular complexity index is 1380. The van der Waals surface area contributed by atoms with E-state index in [1.807, 2.05) is 6.92 Å². The second-order valence-corrected chi connectivity index (χ2v) is 13.3. The second-order valence-electron chi connectivity index (χ2n) is 13.3. The highest BCUT2D eigenvalue weighted by atomic mass is 16.5. The first-order valence-corrected chi connectivity index (χ1v) is 15.2. The number of allylic oxidation sites excluding steroid dienone is 1. The molecule has 0 bridgehead atoms. The SMILES string of the molecule is C[C@]12CCC(=O)C=C1CC[C@@H]1[C@H]2C(=O)C[C@]2(C)[C@@H]1CC[C@]2(O)C(=O)COC(=O)CCC(=O)NCCc1ccc(O)c(O)c1. The van der Waals surface area contributed by atoms with Crippen molar-refractivity contribution in [3.05, 3.63) is 35.4 Å². The number of benzene rings is 1. The molecule has 1 aromatic carbocycles. The molecule has 6 atom stereocenters. The molecule has 0 aromatic heterocycles. The highest BCUT2D eigenvalue weighted by Crippen LogP contribution is 2.66. The van der Waals surface area contributed by atoms with Crippen LogP contribution < -0.4 is 5.32 Å². The molecule has 0 aliphatic heterocycles. The number of ketones is 3. The van der Waals surface area contributed by atoms with Crippen LogP contribution in [0.1, 0.15) is 77.2 Å². The molecule has 10 nitrogen and oxygen atoms in total. The molecule has 0 heterocycles. The van der Waals surface area contributed by atoms with Gasteiger partial charge in [0.1, 0.15) is 11.4 Å². The summed E-state index contributed by atoms with van der Waals surface area (Å²) in [5, 5.41) is 33.4. The lowest BCUT2D eigenvalue weighted by molar-refractivity contribution is -0.173. The van der Waals surface area contributed by atoms with Crippen LogP contribution in [0.25, 0.3) is 0 Å². The lowest BCUT2D eigenvalue weighted by Gasteiger charge is -2.57. The zero-order valence-corrected chi connectivity index (χ0v) is 24.8. The van der Waals surface area contributed by atoms with E-state index in [-0.39, 0.29) is 84.4 Å². The number of ether oxygens (including phenoxy) is 1. The largest absolute Gasteiger partial charge is 0.504 e. The summed E-state index contributed by atoms with van der Waals surface area (Å²) in [5.74, 6) is -2.31. The number of carbonyl (C=O) groups excluding carboxylic acids is 5. The van der Waals surface area contributed by atoms with Gasteiger partial charge in [0.05, 0.1) is 6.42 Å².